The first-order valence-corrected chi connectivity index (χ1v) is 6.56. The largest absolute Gasteiger partial charge is 0.321 e. The lowest BCUT2D eigenvalue weighted by Gasteiger charge is -2.09. The third-order valence-electron chi connectivity index (χ3n) is 2.99. The average molecular weight is 316 g/mol. The molecule has 0 atom stereocenters. The first-order valence-electron chi connectivity index (χ1n) is 6.18. The molecule has 0 radical (unpaired) electrons. The summed E-state index contributed by atoms with van der Waals surface area (Å²) in [6, 6.07) is 10.7. The van der Waals surface area contributed by atoms with Gasteiger partial charge >= 0.3 is 0 Å². The van der Waals surface area contributed by atoms with Gasteiger partial charge in [-0.15, -0.1) is 0 Å². The summed E-state index contributed by atoms with van der Waals surface area (Å²) in [7, 11) is 0. The monoisotopic (exact) mass is 315 g/mol. The molecular weight excluding hydrogens is 306 g/mol. The van der Waals surface area contributed by atoms with E-state index in [1.165, 1.54) is 18.2 Å². The van der Waals surface area contributed by atoms with Gasteiger partial charge in [-0.3, -0.25) is 14.9 Å². The number of anilines is 1. The third kappa shape index (κ3) is 3.22. The van der Waals surface area contributed by atoms with Crippen molar-refractivity contribution in [3.63, 3.8) is 0 Å². The molecule has 22 heavy (non-hydrogen) atoms. The van der Waals surface area contributed by atoms with Crippen molar-refractivity contribution in [2.24, 2.45) is 0 Å². The van der Waals surface area contributed by atoms with Crippen LogP contribution in [0.5, 0.6) is 0 Å². The second-order valence-corrected chi connectivity index (χ2v) is 4.93. The number of aryl methyl sites for hydroxylation is 1. The number of carbonyl (C=O) groups excluding carboxylic acids is 1. The molecular formula is C15H10ClN3O3. The first kappa shape index (κ1) is 15.5. The van der Waals surface area contributed by atoms with E-state index >= 15 is 0 Å². The molecule has 1 N–H and O–H groups in total. The number of nitrogens with zero attached hydrogens (tertiary/aromatic N) is 2. The van der Waals surface area contributed by atoms with Gasteiger partial charge in [-0.1, -0.05) is 17.7 Å². The molecule has 0 saturated heterocycles. The van der Waals surface area contributed by atoms with Crippen LogP contribution in [0.25, 0.3) is 0 Å². The van der Waals surface area contributed by atoms with Gasteiger partial charge in [0.15, 0.2) is 0 Å². The Labute approximate surface area is 131 Å². The van der Waals surface area contributed by atoms with Crippen molar-refractivity contribution in [3.8, 4) is 6.07 Å². The summed E-state index contributed by atoms with van der Waals surface area (Å²) >= 11 is 5.80. The maximum atomic E-state index is 12.2. The Hall–Kier alpha value is -2.91. The lowest BCUT2D eigenvalue weighted by molar-refractivity contribution is -0.384. The number of amides is 1. The number of nitriles is 1. The molecule has 2 aromatic rings. The highest BCUT2D eigenvalue weighted by Crippen LogP contribution is 2.30. The lowest BCUT2D eigenvalue weighted by atomic mass is 10.1. The van der Waals surface area contributed by atoms with E-state index in [-0.39, 0.29) is 16.3 Å². The number of rotatable bonds is 3. The van der Waals surface area contributed by atoms with Crippen molar-refractivity contribution >= 4 is 28.9 Å². The van der Waals surface area contributed by atoms with Crippen molar-refractivity contribution in [2.75, 3.05) is 5.32 Å². The maximum absolute atomic E-state index is 12.2. The highest BCUT2D eigenvalue weighted by molar-refractivity contribution is 6.32. The van der Waals surface area contributed by atoms with Gasteiger partial charge < -0.3 is 5.32 Å². The second-order valence-electron chi connectivity index (χ2n) is 4.52. The molecule has 0 unspecified atom stereocenters. The molecule has 0 heterocycles. The van der Waals surface area contributed by atoms with Crippen molar-refractivity contribution in [3.05, 3.63) is 68.2 Å². The van der Waals surface area contributed by atoms with Gasteiger partial charge in [-0.05, 0) is 36.8 Å². The summed E-state index contributed by atoms with van der Waals surface area (Å²) in [6.45, 7) is 1.68. The van der Waals surface area contributed by atoms with Crippen LogP contribution in [0, 0.1) is 28.4 Å². The molecule has 1 amide bonds. The Bertz CT molecular complexity index is 812. The fourth-order valence-electron chi connectivity index (χ4n) is 1.86. The van der Waals surface area contributed by atoms with Crippen molar-refractivity contribution in [2.45, 2.75) is 6.92 Å². The number of halogens is 1. The minimum Gasteiger partial charge on any atom is -0.321 e. The van der Waals surface area contributed by atoms with Crippen LogP contribution in [0.3, 0.4) is 0 Å². The Kier molecular flexibility index (Phi) is 4.39. The molecule has 0 saturated carbocycles. The van der Waals surface area contributed by atoms with E-state index in [1.54, 1.807) is 25.1 Å². The van der Waals surface area contributed by atoms with E-state index < -0.39 is 10.8 Å². The van der Waals surface area contributed by atoms with Crippen LogP contribution in [0.4, 0.5) is 11.4 Å². The van der Waals surface area contributed by atoms with Crippen molar-refractivity contribution in [1.82, 2.24) is 0 Å². The summed E-state index contributed by atoms with van der Waals surface area (Å²) < 4.78 is 0. The van der Waals surface area contributed by atoms with E-state index in [0.29, 0.717) is 16.8 Å². The SMILES string of the molecule is Cc1cc(Cl)c([N+](=O)[O-])cc1NC(=O)c1cccc(C#N)c1. The maximum Gasteiger partial charge on any atom is 0.289 e. The van der Waals surface area contributed by atoms with Crippen LogP contribution < -0.4 is 5.32 Å². The van der Waals surface area contributed by atoms with Gasteiger partial charge in [-0.25, -0.2) is 0 Å². The average Bonchev–Trinajstić information content (AvgIpc) is 2.49. The Balaban J connectivity index is 2.34. The molecule has 0 aliphatic carbocycles. The Morgan fingerprint density at radius 1 is 1.36 bits per heavy atom. The zero-order valence-electron chi connectivity index (χ0n) is 11.5. The Morgan fingerprint density at radius 2 is 2.09 bits per heavy atom. The van der Waals surface area contributed by atoms with E-state index in [0.717, 1.165) is 0 Å². The predicted molar refractivity (Wildman–Crippen MR) is 82.0 cm³/mol. The molecule has 6 nitrogen and oxygen atoms in total. The summed E-state index contributed by atoms with van der Waals surface area (Å²) in [4.78, 5) is 22.5. The summed E-state index contributed by atoms with van der Waals surface area (Å²) in [6.07, 6.45) is 0. The molecule has 0 bridgehead atoms. The van der Waals surface area contributed by atoms with Crippen molar-refractivity contribution < 1.29 is 9.72 Å². The van der Waals surface area contributed by atoms with Crippen molar-refractivity contribution in [1.29, 1.82) is 5.26 Å². The molecule has 110 valence electrons. The number of nitrogens with one attached hydrogen (secondary N) is 1. The number of hydrogen-bond acceptors (Lipinski definition) is 4. The highest BCUT2D eigenvalue weighted by atomic mass is 35.5. The smallest absolute Gasteiger partial charge is 0.289 e. The molecule has 0 fully saturated rings. The number of carbonyl (C=O) groups is 1. The second kappa shape index (κ2) is 6.24. The summed E-state index contributed by atoms with van der Waals surface area (Å²) in [5.74, 6) is -0.461. The minimum atomic E-state index is -0.617. The van der Waals surface area contributed by atoms with Crippen LogP contribution in [-0.2, 0) is 0 Å². The number of hydrogen-bond donors (Lipinski definition) is 1. The summed E-state index contributed by atoms with van der Waals surface area (Å²) in [5.41, 5.74) is 1.25. The molecule has 0 spiro atoms. The van der Waals surface area contributed by atoms with Crippen LogP contribution >= 0.6 is 11.6 Å². The zero-order valence-corrected chi connectivity index (χ0v) is 12.2. The van der Waals surface area contributed by atoms with Gasteiger partial charge in [0, 0.05) is 11.6 Å². The van der Waals surface area contributed by atoms with Crippen LogP contribution in [0.1, 0.15) is 21.5 Å². The van der Waals surface area contributed by atoms with Crippen LogP contribution in [0.15, 0.2) is 36.4 Å². The van der Waals surface area contributed by atoms with E-state index in [2.05, 4.69) is 5.32 Å². The number of benzene rings is 2. The molecule has 0 aromatic heterocycles. The quantitative estimate of drug-likeness (QED) is 0.690. The van der Waals surface area contributed by atoms with Gasteiger partial charge in [0.25, 0.3) is 11.6 Å². The highest BCUT2D eigenvalue weighted by Gasteiger charge is 2.17. The fraction of sp³-hybridized carbons (Fsp3) is 0.0667. The topological polar surface area (TPSA) is 96.0 Å². The fourth-order valence-corrected chi connectivity index (χ4v) is 2.15. The normalized spacial score (nSPS) is 9.86. The number of nitro groups is 1. The third-order valence-corrected chi connectivity index (χ3v) is 3.30. The predicted octanol–water partition coefficient (Wildman–Crippen LogP) is 3.68. The zero-order chi connectivity index (χ0) is 16.3. The van der Waals surface area contributed by atoms with E-state index in [1.807, 2.05) is 6.07 Å². The summed E-state index contributed by atoms with van der Waals surface area (Å²) in [5, 5.41) is 22.3. The molecule has 0 aliphatic heterocycles. The van der Waals surface area contributed by atoms with E-state index in [4.69, 9.17) is 16.9 Å². The van der Waals surface area contributed by atoms with Gasteiger partial charge in [-0.2, -0.15) is 5.26 Å². The molecule has 0 aliphatic rings. The lowest BCUT2D eigenvalue weighted by Crippen LogP contribution is -2.13. The van der Waals surface area contributed by atoms with Gasteiger partial charge in [0.2, 0.25) is 0 Å². The van der Waals surface area contributed by atoms with Crippen LogP contribution in [-0.4, -0.2) is 10.8 Å². The number of nitro benzene ring substituents is 1. The first-order chi connectivity index (χ1) is 10.4. The van der Waals surface area contributed by atoms with E-state index in [9.17, 15) is 14.9 Å². The standard InChI is InChI=1S/C15H10ClN3O3/c1-9-5-12(16)14(19(21)22)7-13(9)18-15(20)11-4-2-3-10(6-11)8-17/h2-7H,1H3,(H,18,20). The van der Waals surface area contributed by atoms with Crippen LogP contribution in [0.2, 0.25) is 5.02 Å². The Morgan fingerprint density at radius 3 is 2.73 bits per heavy atom. The minimum absolute atomic E-state index is 0.00646. The molecule has 7 heteroatoms. The van der Waals surface area contributed by atoms with Gasteiger partial charge in [0.1, 0.15) is 5.02 Å². The van der Waals surface area contributed by atoms with Gasteiger partial charge in [0.05, 0.1) is 22.2 Å². The molecule has 2 rings (SSSR count). The molecule has 2 aromatic carbocycles.